The fourth-order valence-corrected chi connectivity index (χ4v) is 1.38. The summed E-state index contributed by atoms with van der Waals surface area (Å²) in [6, 6.07) is 0. The SMILES string of the molecule is CC/C=C(\C)C[C@@H](C)C(=O)CC. The first kappa shape index (κ1) is 11.4. The van der Waals surface area contributed by atoms with Gasteiger partial charge < -0.3 is 0 Å². The average molecular weight is 168 g/mol. The van der Waals surface area contributed by atoms with Crippen molar-refractivity contribution in [2.24, 2.45) is 5.92 Å². The Hall–Kier alpha value is -0.590. The summed E-state index contributed by atoms with van der Waals surface area (Å²) in [6.07, 6.45) is 4.86. The number of carbonyl (C=O) groups excluding carboxylic acids is 1. The van der Waals surface area contributed by atoms with E-state index in [1.165, 1.54) is 5.57 Å². The van der Waals surface area contributed by atoms with E-state index in [4.69, 9.17) is 0 Å². The van der Waals surface area contributed by atoms with Crippen LogP contribution >= 0.6 is 0 Å². The van der Waals surface area contributed by atoms with Gasteiger partial charge in [-0.1, -0.05) is 32.4 Å². The molecule has 0 amide bonds. The van der Waals surface area contributed by atoms with Gasteiger partial charge in [-0.3, -0.25) is 4.79 Å². The number of carbonyl (C=O) groups is 1. The Labute approximate surface area is 75.9 Å². The van der Waals surface area contributed by atoms with Crippen LogP contribution in [0.15, 0.2) is 11.6 Å². The standard InChI is InChI=1S/C11H20O/c1-5-7-9(3)8-10(4)11(12)6-2/h7,10H,5-6,8H2,1-4H3/b9-7+/t10-/m1/s1. The summed E-state index contributed by atoms with van der Waals surface area (Å²) in [6.45, 7) is 8.16. The van der Waals surface area contributed by atoms with Crippen LogP contribution in [0.2, 0.25) is 0 Å². The zero-order valence-electron chi connectivity index (χ0n) is 8.68. The third-order valence-electron chi connectivity index (χ3n) is 2.08. The molecule has 1 atom stereocenters. The fraction of sp³-hybridized carbons (Fsp3) is 0.727. The molecule has 0 aliphatic heterocycles. The summed E-state index contributed by atoms with van der Waals surface area (Å²) in [5, 5.41) is 0. The molecule has 0 aromatic carbocycles. The Balaban J connectivity index is 3.91. The predicted octanol–water partition coefficient (Wildman–Crippen LogP) is 3.35. The van der Waals surface area contributed by atoms with E-state index in [2.05, 4.69) is 19.9 Å². The van der Waals surface area contributed by atoms with Crippen molar-refractivity contribution < 1.29 is 4.79 Å². The van der Waals surface area contributed by atoms with Gasteiger partial charge in [0, 0.05) is 12.3 Å². The van der Waals surface area contributed by atoms with Crippen LogP contribution in [0.3, 0.4) is 0 Å². The van der Waals surface area contributed by atoms with E-state index < -0.39 is 0 Å². The first-order valence-corrected chi connectivity index (χ1v) is 4.80. The van der Waals surface area contributed by atoms with Crippen LogP contribution in [-0.4, -0.2) is 5.78 Å². The van der Waals surface area contributed by atoms with Crippen molar-refractivity contribution in [1.82, 2.24) is 0 Å². The first-order valence-electron chi connectivity index (χ1n) is 4.80. The van der Waals surface area contributed by atoms with Crippen molar-refractivity contribution in [2.45, 2.75) is 47.0 Å². The van der Waals surface area contributed by atoms with Gasteiger partial charge in [-0.25, -0.2) is 0 Å². The number of allylic oxidation sites excluding steroid dienone is 2. The zero-order chi connectivity index (χ0) is 9.56. The monoisotopic (exact) mass is 168 g/mol. The Bertz CT molecular complexity index is 168. The second kappa shape index (κ2) is 5.99. The molecule has 0 aromatic rings. The van der Waals surface area contributed by atoms with E-state index in [-0.39, 0.29) is 5.92 Å². The highest BCUT2D eigenvalue weighted by Gasteiger charge is 2.10. The molecule has 70 valence electrons. The zero-order valence-corrected chi connectivity index (χ0v) is 8.68. The van der Waals surface area contributed by atoms with E-state index >= 15 is 0 Å². The van der Waals surface area contributed by atoms with E-state index in [1.54, 1.807) is 0 Å². The maximum atomic E-state index is 11.2. The Morgan fingerprint density at radius 1 is 1.42 bits per heavy atom. The number of hydrogen-bond donors (Lipinski definition) is 0. The fourth-order valence-electron chi connectivity index (χ4n) is 1.38. The third kappa shape index (κ3) is 4.32. The molecule has 0 aliphatic carbocycles. The van der Waals surface area contributed by atoms with Crippen LogP contribution in [0.1, 0.15) is 47.0 Å². The molecule has 0 fully saturated rings. The van der Waals surface area contributed by atoms with Gasteiger partial charge in [0.15, 0.2) is 0 Å². The summed E-state index contributed by atoms with van der Waals surface area (Å²) < 4.78 is 0. The normalized spacial score (nSPS) is 14.5. The number of hydrogen-bond acceptors (Lipinski definition) is 1. The minimum Gasteiger partial charge on any atom is -0.299 e. The molecule has 0 N–H and O–H groups in total. The molecule has 0 radical (unpaired) electrons. The van der Waals surface area contributed by atoms with Crippen LogP contribution < -0.4 is 0 Å². The molecule has 1 nitrogen and oxygen atoms in total. The van der Waals surface area contributed by atoms with Gasteiger partial charge in [-0.2, -0.15) is 0 Å². The smallest absolute Gasteiger partial charge is 0.135 e. The summed E-state index contributed by atoms with van der Waals surface area (Å²) in [7, 11) is 0. The second-order valence-corrected chi connectivity index (χ2v) is 3.38. The van der Waals surface area contributed by atoms with Crippen LogP contribution in [-0.2, 0) is 4.79 Å². The molecule has 0 saturated heterocycles. The molecule has 0 saturated carbocycles. The molecule has 0 spiro atoms. The van der Waals surface area contributed by atoms with Gasteiger partial charge in [0.05, 0.1) is 0 Å². The minimum absolute atomic E-state index is 0.206. The lowest BCUT2D eigenvalue weighted by Gasteiger charge is -2.08. The van der Waals surface area contributed by atoms with E-state index in [1.807, 2.05) is 13.8 Å². The van der Waals surface area contributed by atoms with Crippen LogP contribution in [0, 0.1) is 5.92 Å². The summed E-state index contributed by atoms with van der Waals surface area (Å²) >= 11 is 0. The highest BCUT2D eigenvalue weighted by atomic mass is 16.1. The molecular formula is C11H20O. The van der Waals surface area contributed by atoms with Crippen molar-refractivity contribution in [3.05, 3.63) is 11.6 Å². The topological polar surface area (TPSA) is 17.1 Å². The molecule has 0 bridgehead atoms. The van der Waals surface area contributed by atoms with Crippen LogP contribution in [0.25, 0.3) is 0 Å². The second-order valence-electron chi connectivity index (χ2n) is 3.38. The number of rotatable bonds is 5. The molecule has 12 heavy (non-hydrogen) atoms. The largest absolute Gasteiger partial charge is 0.299 e. The molecule has 0 rings (SSSR count). The van der Waals surface area contributed by atoms with Crippen molar-refractivity contribution in [3.63, 3.8) is 0 Å². The molecule has 0 aromatic heterocycles. The lowest BCUT2D eigenvalue weighted by Crippen LogP contribution is -2.09. The Morgan fingerprint density at radius 2 is 2.00 bits per heavy atom. The molecule has 0 heterocycles. The quantitative estimate of drug-likeness (QED) is 0.575. The summed E-state index contributed by atoms with van der Waals surface area (Å²) in [4.78, 5) is 11.2. The highest BCUT2D eigenvalue weighted by molar-refractivity contribution is 5.80. The van der Waals surface area contributed by atoms with Crippen molar-refractivity contribution in [1.29, 1.82) is 0 Å². The van der Waals surface area contributed by atoms with E-state index in [0.29, 0.717) is 12.2 Å². The lowest BCUT2D eigenvalue weighted by atomic mass is 9.96. The van der Waals surface area contributed by atoms with Gasteiger partial charge >= 0.3 is 0 Å². The van der Waals surface area contributed by atoms with E-state index in [0.717, 1.165) is 12.8 Å². The first-order chi connectivity index (χ1) is 5.61. The third-order valence-corrected chi connectivity index (χ3v) is 2.08. The van der Waals surface area contributed by atoms with Crippen molar-refractivity contribution in [3.8, 4) is 0 Å². The molecule has 0 aliphatic rings. The maximum Gasteiger partial charge on any atom is 0.135 e. The number of Topliss-reactive ketones (excluding diaryl/α,β-unsaturated/α-hetero) is 1. The van der Waals surface area contributed by atoms with Gasteiger partial charge in [-0.15, -0.1) is 0 Å². The average Bonchev–Trinajstić information content (AvgIpc) is 2.03. The van der Waals surface area contributed by atoms with E-state index in [9.17, 15) is 4.79 Å². The Morgan fingerprint density at radius 3 is 2.42 bits per heavy atom. The molecular weight excluding hydrogens is 148 g/mol. The minimum atomic E-state index is 0.206. The summed E-state index contributed by atoms with van der Waals surface area (Å²) in [5.74, 6) is 0.580. The Kier molecular flexibility index (Phi) is 5.69. The highest BCUT2D eigenvalue weighted by Crippen LogP contribution is 2.13. The predicted molar refractivity (Wildman–Crippen MR) is 53.1 cm³/mol. The van der Waals surface area contributed by atoms with Crippen molar-refractivity contribution in [2.75, 3.05) is 0 Å². The van der Waals surface area contributed by atoms with Gasteiger partial charge in [-0.05, 0) is 19.8 Å². The summed E-state index contributed by atoms with van der Waals surface area (Å²) in [5.41, 5.74) is 1.34. The maximum absolute atomic E-state index is 11.2. The lowest BCUT2D eigenvalue weighted by molar-refractivity contribution is -0.122. The van der Waals surface area contributed by atoms with Crippen LogP contribution in [0.5, 0.6) is 0 Å². The van der Waals surface area contributed by atoms with Crippen LogP contribution in [0.4, 0.5) is 0 Å². The van der Waals surface area contributed by atoms with Crippen molar-refractivity contribution >= 4 is 5.78 Å². The molecule has 1 heteroatoms. The van der Waals surface area contributed by atoms with Gasteiger partial charge in [0.25, 0.3) is 0 Å². The molecule has 0 unspecified atom stereocenters. The van der Waals surface area contributed by atoms with Gasteiger partial charge in [0.1, 0.15) is 5.78 Å². The number of ketones is 1. The van der Waals surface area contributed by atoms with Gasteiger partial charge in [0.2, 0.25) is 0 Å².